The van der Waals surface area contributed by atoms with Gasteiger partial charge in [0, 0.05) is 16.1 Å². The lowest BCUT2D eigenvalue weighted by Crippen LogP contribution is -2.31. The zero-order valence-electron chi connectivity index (χ0n) is 17.2. The van der Waals surface area contributed by atoms with Crippen LogP contribution in [0, 0.1) is 0 Å². The molecule has 4 nitrogen and oxygen atoms in total. The summed E-state index contributed by atoms with van der Waals surface area (Å²) < 4.78 is 5.93. The van der Waals surface area contributed by atoms with Crippen LogP contribution >= 0.6 is 11.6 Å². The third-order valence-corrected chi connectivity index (χ3v) is 4.97. The molecule has 0 unspecified atom stereocenters. The average Bonchev–Trinajstić information content (AvgIpc) is 2.75. The molecule has 3 rings (SSSR count). The number of hydrogen-bond acceptors (Lipinski definition) is 3. The molecular weight excluding hydrogens is 398 g/mol. The van der Waals surface area contributed by atoms with E-state index < -0.39 is 6.10 Å². The van der Waals surface area contributed by atoms with Crippen LogP contribution in [0.2, 0.25) is 5.02 Å². The van der Waals surface area contributed by atoms with Gasteiger partial charge in [-0.15, -0.1) is 0 Å². The van der Waals surface area contributed by atoms with Crippen LogP contribution in [0.3, 0.4) is 0 Å². The van der Waals surface area contributed by atoms with Gasteiger partial charge >= 0.3 is 0 Å². The number of halogens is 1. The Labute approximate surface area is 181 Å². The van der Waals surface area contributed by atoms with E-state index in [4.69, 9.17) is 16.3 Å². The molecule has 1 amide bonds. The van der Waals surface area contributed by atoms with Crippen molar-refractivity contribution in [3.8, 4) is 5.75 Å². The van der Waals surface area contributed by atoms with Crippen molar-refractivity contribution in [3.05, 3.63) is 94.5 Å². The summed E-state index contributed by atoms with van der Waals surface area (Å²) in [6.45, 7) is 5.82. The zero-order valence-corrected chi connectivity index (χ0v) is 17.9. The zero-order chi connectivity index (χ0) is 21.7. The highest BCUT2D eigenvalue weighted by Gasteiger charge is 2.21. The van der Waals surface area contributed by atoms with Crippen LogP contribution in [0.1, 0.15) is 48.2 Å². The number of rotatable bonds is 7. The third kappa shape index (κ3) is 5.08. The largest absolute Gasteiger partial charge is 0.481 e. The highest BCUT2D eigenvalue weighted by Crippen LogP contribution is 2.28. The number of ketones is 1. The summed E-state index contributed by atoms with van der Waals surface area (Å²) >= 11 is 6.11. The molecule has 1 atom stereocenters. The molecule has 5 heteroatoms. The Hall–Kier alpha value is -3.11. The Balaban J connectivity index is 1.81. The van der Waals surface area contributed by atoms with Crippen LogP contribution in [0.5, 0.6) is 5.75 Å². The number of anilines is 1. The molecule has 0 saturated heterocycles. The summed E-state index contributed by atoms with van der Waals surface area (Å²) in [6, 6.07) is 21.4. The van der Waals surface area contributed by atoms with Crippen molar-refractivity contribution in [3.63, 3.8) is 0 Å². The van der Waals surface area contributed by atoms with Gasteiger partial charge in [-0.25, -0.2) is 0 Å². The number of para-hydroxylation sites is 1. The van der Waals surface area contributed by atoms with Crippen LogP contribution < -0.4 is 10.1 Å². The number of benzene rings is 3. The highest BCUT2D eigenvalue weighted by molar-refractivity contribution is 6.31. The first kappa shape index (κ1) is 21.6. The molecule has 0 aliphatic carbocycles. The van der Waals surface area contributed by atoms with Gasteiger partial charge in [0.05, 0.1) is 5.69 Å². The van der Waals surface area contributed by atoms with E-state index in [1.54, 1.807) is 49.4 Å². The minimum absolute atomic E-state index is 0.216. The normalized spacial score (nSPS) is 11.8. The topological polar surface area (TPSA) is 55.4 Å². The maximum Gasteiger partial charge on any atom is 0.265 e. The molecule has 0 spiro atoms. The molecule has 0 aliphatic heterocycles. The predicted octanol–water partition coefficient (Wildman–Crippen LogP) is 6.10. The Morgan fingerprint density at radius 3 is 2.27 bits per heavy atom. The predicted molar refractivity (Wildman–Crippen MR) is 121 cm³/mol. The maximum atomic E-state index is 12.9. The number of amides is 1. The highest BCUT2D eigenvalue weighted by atomic mass is 35.5. The first-order valence-corrected chi connectivity index (χ1v) is 10.2. The van der Waals surface area contributed by atoms with Crippen LogP contribution in [0.15, 0.2) is 72.8 Å². The minimum atomic E-state index is -0.750. The molecule has 0 fully saturated rings. The lowest BCUT2D eigenvalue weighted by molar-refractivity contribution is -0.122. The Bertz CT molecular complexity index is 1050. The number of ether oxygens (including phenoxy) is 1. The fraction of sp³-hybridized carbons (Fsp3) is 0.200. The second-order valence-corrected chi connectivity index (χ2v) is 7.76. The van der Waals surface area contributed by atoms with Crippen molar-refractivity contribution in [2.75, 3.05) is 5.32 Å². The average molecular weight is 422 g/mol. The molecule has 0 aromatic heterocycles. The van der Waals surface area contributed by atoms with Crippen molar-refractivity contribution >= 4 is 29.0 Å². The number of nitrogens with one attached hydrogen (secondary N) is 1. The molecule has 1 N–H and O–H groups in total. The Morgan fingerprint density at radius 1 is 0.900 bits per heavy atom. The summed E-state index contributed by atoms with van der Waals surface area (Å²) in [6.07, 6.45) is -0.750. The van der Waals surface area contributed by atoms with E-state index in [1.807, 2.05) is 30.3 Å². The van der Waals surface area contributed by atoms with Gasteiger partial charge in [-0.05, 0) is 42.7 Å². The molecule has 0 heterocycles. The van der Waals surface area contributed by atoms with Crippen LogP contribution in [-0.4, -0.2) is 17.8 Å². The monoisotopic (exact) mass is 421 g/mol. The molecule has 0 bridgehead atoms. The number of hydrogen-bond donors (Lipinski definition) is 1. The smallest absolute Gasteiger partial charge is 0.265 e. The number of carbonyl (C=O) groups is 2. The van der Waals surface area contributed by atoms with E-state index in [0.29, 0.717) is 27.6 Å². The standard InChI is InChI=1S/C25H24ClNO3/c1-16(2)20-11-7-8-12-23(20)30-17(3)25(29)27-22-14-13-19(26)15-21(22)24(28)18-9-5-4-6-10-18/h4-17H,1-3H3,(H,27,29)/t17-/m1/s1. The molecule has 154 valence electrons. The second-order valence-electron chi connectivity index (χ2n) is 7.33. The molecule has 0 radical (unpaired) electrons. The summed E-state index contributed by atoms with van der Waals surface area (Å²) in [5.74, 6) is 0.375. The first-order valence-electron chi connectivity index (χ1n) is 9.82. The van der Waals surface area contributed by atoms with E-state index in [2.05, 4.69) is 19.2 Å². The van der Waals surface area contributed by atoms with Gasteiger partial charge in [0.15, 0.2) is 11.9 Å². The van der Waals surface area contributed by atoms with Crippen LogP contribution in [0.25, 0.3) is 0 Å². The summed E-state index contributed by atoms with van der Waals surface area (Å²) in [5.41, 5.74) is 2.27. The lowest BCUT2D eigenvalue weighted by Gasteiger charge is -2.19. The fourth-order valence-electron chi connectivity index (χ4n) is 3.10. The van der Waals surface area contributed by atoms with Crippen molar-refractivity contribution in [2.45, 2.75) is 32.8 Å². The molecule has 3 aromatic rings. The number of carbonyl (C=O) groups excluding carboxylic acids is 2. The third-order valence-electron chi connectivity index (χ3n) is 4.73. The van der Waals surface area contributed by atoms with Crippen molar-refractivity contribution in [1.82, 2.24) is 0 Å². The van der Waals surface area contributed by atoms with Gasteiger partial charge < -0.3 is 10.1 Å². The van der Waals surface area contributed by atoms with Gasteiger partial charge in [-0.3, -0.25) is 9.59 Å². The first-order chi connectivity index (χ1) is 14.4. The second kappa shape index (κ2) is 9.59. The summed E-state index contributed by atoms with van der Waals surface area (Å²) in [4.78, 5) is 25.8. The fourth-order valence-corrected chi connectivity index (χ4v) is 3.27. The molecule has 3 aromatic carbocycles. The van der Waals surface area contributed by atoms with Gasteiger partial charge in [0.1, 0.15) is 5.75 Å². The maximum absolute atomic E-state index is 12.9. The molecule has 30 heavy (non-hydrogen) atoms. The van der Waals surface area contributed by atoms with E-state index in [9.17, 15) is 9.59 Å². The van der Waals surface area contributed by atoms with E-state index >= 15 is 0 Å². The lowest BCUT2D eigenvalue weighted by atomic mass is 10.0. The molecular formula is C25H24ClNO3. The minimum Gasteiger partial charge on any atom is -0.481 e. The van der Waals surface area contributed by atoms with Crippen LogP contribution in [-0.2, 0) is 4.79 Å². The molecule has 0 aliphatic rings. The van der Waals surface area contributed by atoms with E-state index in [0.717, 1.165) is 5.56 Å². The van der Waals surface area contributed by atoms with Gasteiger partial charge in [0.25, 0.3) is 5.91 Å². The Kier molecular flexibility index (Phi) is 6.91. The van der Waals surface area contributed by atoms with Crippen molar-refractivity contribution in [1.29, 1.82) is 0 Å². The summed E-state index contributed by atoms with van der Waals surface area (Å²) in [7, 11) is 0. The van der Waals surface area contributed by atoms with E-state index in [1.165, 1.54) is 0 Å². The van der Waals surface area contributed by atoms with Crippen molar-refractivity contribution in [2.24, 2.45) is 0 Å². The van der Waals surface area contributed by atoms with E-state index in [-0.39, 0.29) is 17.6 Å². The molecule has 0 saturated carbocycles. The SMILES string of the molecule is CC(C)c1ccccc1O[C@H](C)C(=O)Nc1ccc(Cl)cc1C(=O)c1ccccc1. The van der Waals surface area contributed by atoms with Gasteiger partial charge in [0.2, 0.25) is 0 Å². The van der Waals surface area contributed by atoms with Gasteiger partial charge in [-0.2, -0.15) is 0 Å². The quantitative estimate of drug-likeness (QED) is 0.469. The summed E-state index contributed by atoms with van der Waals surface area (Å²) in [5, 5.41) is 3.23. The Morgan fingerprint density at radius 2 is 1.57 bits per heavy atom. The van der Waals surface area contributed by atoms with Gasteiger partial charge in [-0.1, -0.05) is 74.0 Å². The van der Waals surface area contributed by atoms with Crippen LogP contribution in [0.4, 0.5) is 5.69 Å². The van der Waals surface area contributed by atoms with Crippen molar-refractivity contribution < 1.29 is 14.3 Å².